The van der Waals surface area contributed by atoms with E-state index in [4.69, 9.17) is 4.42 Å². The van der Waals surface area contributed by atoms with Crippen LogP contribution < -0.4 is 5.32 Å². The maximum Gasteiger partial charge on any atom is 0.126 e. The minimum absolute atomic E-state index is 0.131. The van der Waals surface area contributed by atoms with Gasteiger partial charge in [-0.3, -0.25) is 0 Å². The Hall–Kier alpha value is -1.29. The normalized spacial score (nSPS) is 12.5. The summed E-state index contributed by atoms with van der Waals surface area (Å²) in [4.78, 5) is 4.25. The molecule has 0 aliphatic rings. The van der Waals surface area contributed by atoms with Crippen molar-refractivity contribution in [3.05, 3.63) is 46.1 Å². The smallest absolute Gasteiger partial charge is 0.126 e. The molecule has 0 fully saturated rings. The van der Waals surface area contributed by atoms with Gasteiger partial charge >= 0.3 is 0 Å². The third-order valence-corrected chi connectivity index (χ3v) is 3.42. The number of nitrogens with zero attached hydrogens (tertiary/aromatic N) is 1. The Morgan fingerprint density at radius 1 is 1.35 bits per heavy atom. The lowest BCUT2D eigenvalue weighted by molar-refractivity contribution is 0.467. The third kappa shape index (κ3) is 2.88. The van der Waals surface area contributed by atoms with Gasteiger partial charge in [-0.2, -0.15) is 0 Å². The highest BCUT2D eigenvalue weighted by molar-refractivity contribution is 9.10. The van der Waals surface area contributed by atoms with E-state index in [-0.39, 0.29) is 6.04 Å². The Bertz CT molecular complexity index is 522. The lowest BCUT2D eigenvalue weighted by Gasteiger charge is -2.13. The van der Waals surface area contributed by atoms with Gasteiger partial charge in [-0.25, -0.2) is 4.98 Å². The Balaban J connectivity index is 2.12. The molecule has 0 saturated heterocycles. The van der Waals surface area contributed by atoms with Crippen molar-refractivity contribution in [3.8, 4) is 0 Å². The van der Waals surface area contributed by atoms with Gasteiger partial charge in [0.2, 0.25) is 0 Å². The molecule has 90 valence electrons. The monoisotopic (exact) mass is 294 g/mol. The van der Waals surface area contributed by atoms with Crippen molar-refractivity contribution >= 4 is 21.6 Å². The summed E-state index contributed by atoms with van der Waals surface area (Å²) in [6.07, 6.45) is 1.81. The molecule has 3 nitrogen and oxygen atoms in total. The van der Waals surface area contributed by atoms with Crippen molar-refractivity contribution in [2.75, 3.05) is 5.32 Å². The fourth-order valence-corrected chi connectivity index (χ4v) is 1.86. The van der Waals surface area contributed by atoms with Crippen LogP contribution in [0.25, 0.3) is 0 Å². The maximum atomic E-state index is 5.58. The molecule has 0 aliphatic heterocycles. The molecule has 0 amide bonds. The summed E-state index contributed by atoms with van der Waals surface area (Å²) in [6.45, 7) is 6.03. The molecule has 2 aromatic rings. The molecule has 1 unspecified atom stereocenters. The molecule has 17 heavy (non-hydrogen) atoms. The summed E-state index contributed by atoms with van der Waals surface area (Å²) in [7, 11) is 0. The van der Waals surface area contributed by atoms with Crippen LogP contribution in [0.15, 0.2) is 33.4 Å². The van der Waals surface area contributed by atoms with Crippen LogP contribution in [0.3, 0.4) is 0 Å². The quantitative estimate of drug-likeness (QED) is 0.861. The Morgan fingerprint density at radius 3 is 2.71 bits per heavy atom. The zero-order chi connectivity index (χ0) is 12.4. The molecule has 0 aromatic carbocycles. The van der Waals surface area contributed by atoms with Gasteiger partial charge in [-0.1, -0.05) is 0 Å². The number of halogens is 1. The number of hydrogen-bond donors (Lipinski definition) is 1. The molecule has 1 atom stereocenters. The molecule has 0 spiro atoms. The van der Waals surface area contributed by atoms with Crippen LogP contribution in [0.5, 0.6) is 0 Å². The van der Waals surface area contributed by atoms with Gasteiger partial charge in [0.15, 0.2) is 0 Å². The standard InChI is InChI=1S/C13H15BrN2O/c1-8-6-11(7-15-13(8)14)16-10(3)12-5-4-9(2)17-12/h4-7,10,16H,1-3H3. The first-order valence-corrected chi connectivity index (χ1v) is 6.30. The first kappa shape index (κ1) is 12.2. The van der Waals surface area contributed by atoms with Crippen LogP contribution in [-0.2, 0) is 0 Å². The van der Waals surface area contributed by atoms with Crippen LogP contribution in [0, 0.1) is 13.8 Å². The molecule has 0 bridgehead atoms. The maximum absolute atomic E-state index is 5.58. The second-order valence-corrected chi connectivity index (χ2v) is 4.90. The van der Waals surface area contributed by atoms with E-state index in [9.17, 15) is 0 Å². The number of pyridine rings is 1. The van der Waals surface area contributed by atoms with Gasteiger partial charge < -0.3 is 9.73 Å². The Kier molecular flexibility index (Phi) is 3.52. The Morgan fingerprint density at radius 2 is 2.12 bits per heavy atom. The van der Waals surface area contributed by atoms with E-state index in [1.807, 2.05) is 32.2 Å². The van der Waals surface area contributed by atoms with Crippen LogP contribution in [0.4, 0.5) is 5.69 Å². The summed E-state index contributed by atoms with van der Waals surface area (Å²) in [5.74, 6) is 1.86. The largest absolute Gasteiger partial charge is 0.464 e. The van der Waals surface area contributed by atoms with E-state index >= 15 is 0 Å². The second kappa shape index (κ2) is 4.92. The van der Waals surface area contributed by atoms with E-state index < -0.39 is 0 Å². The summed E-state index contributed by atoms with van der Waals surface area (Å²) in [6, 6.07) is 6.15. The molecule has 1 N–H and O–H groups in total. The minimum atomic E-state index is 0.131. The lowest BCUT2D eigenvalue weighted by Crippen LogP contribution is -2.06. The lowest BCUT2D eigenvalue weighted by atomic mass is 10.2. The number of anilines is 1. The average molecular weight is 295 g/mol. The van der Waals surface area contributed by atoms with E-state index in [0.29, 0.717) is 0 Å². The SMILES string of the molecule is Cc1ccc(C(C)Nc2cnc(Br)c(C)c2)o1. The number of furan rings is 1. The van der Waals surface area contributed by atoms with E-state index in [1.165, 1.54) is 0 Å². The molecule has 2 heterocycles. The van der Waals surface area contributed by atoms with Gasteiger partial charge in [-0.05, 0) is 60.5 Å². The van der Waals surface area contributed by atoms with Crippen molar-refractivity contribution in [1.29, 1.82) is 0 Å². The van der Waals surface area contributed by atoms with Crippen molar-refractivity contribution < 1.29 is 4.42 Å². The number of aromatic nitrogens is 1. The molecular formula is C13H15BrN2O. The highest BCUT2D eigenvalue weighted by atomic mass is 79.9. The van der Waals surface area contributed by atoms with Crippen LogP contribution >= 0.6 is 15.9 Å². The summed E-state index contributed by atoms with van der Waals surface area (Å²) in [5.41, 5.74) is 2.10. The fraction of sp³-hybridized carbons (Fsp3) is 0.308. The zero-order valence-electron chi connectivity index (χ0n) is 10.1. The average Bonchev–Trinajstić information content (AvgIpc) is 2.70. The minimum Gasteiger partial charge on any atom is -0.464 e. The van der Waals surface area contributed by atoms with E-state index in [1.54, 1.807) is 0 Å². The van der Waals surface area contributed by atoms with Crippen molar-refractivity contribution in [1.82, 2.24) is 4.98 Å². The molecule has 0 saturated carbocycles. The van der Waals surface area contributed by atoms with E-state index in [2.05, 4.69) is 39.2 Å². The summed E-state index contributed by atoms with van der Waals surface area (Å²) < 4.78 is 6.46. The van der Waals surface area contributed by atoms with Gasteiger partial charge in [0, 0.05) is 0 Å². The highest BCUT2D eigenvalue weighted by Gasteiger charge is 2.09. The predicted molar refractivity (Wildman–Crippen MR) is 72.2 cm³/mol. The van der Waals surface area contributed by atoms with Crippen LogP contribution in [0.1, 0.15) is 30.0 Å². The first-order chi connectivity index (χ1) is 8.06. The number of rotatable bonds is 3. The topological polar surface area (TPSA) is 38.1 Å². The number of aryl methyl sites for hydroxylation is 2. The summed E-state index contributed by atoms with van der Waals surface area (Å²) >= 11 is 3.39. The predicted octanol–water partition coefficient (Wildman–Crippen LogP) is 4.23. The third-order valence-electron chi connectivity index (χ3n) is 2.59. The molecular weight excluding hydrogens is 280 g/mol. The number of nitrogens with one attached hydrogen (secondary N) is 1. The molecule has 2 aromatic heterocycles. The summed E-state index contributed by atoms with van der Waals surface area (Å²) in [5, 5.41) is 3.36. The second-order valence-electron chi connectivity index (χ2n) is 4.15. The van der Waals surface area contributed by atoms with E-state index in [0.717, 1.165) is 27.4 Å². The molecule has 4 heteroatoms. The fourth-order valence-electron chi connectivity index (χ4n) is 1.64. The van der Waals surface area contributed by atoms with Crippen molar-refractivity contribution in [2.24, 2.45) is 0 Å². The van der Waals surface area contributed by atoms with Gasteiger partial charge in [0.1, 0.15) is 16.1 Å². The molecule has 2 rings (SSSR count). The van der Waals surface area contributed by atoms with Crippen LogP contribution in [-0.4, -0.2) is 4.98 Å². The van der Waals surface area contributed by atoms with Crippen LogP contribution in [0.2, 0.25) is 0 Å². The van der Waals surface area contributed by atoms with Gasteiger partial charge in [0.25, 0.3) is 0 Å². The van der Waals surface area contributed by atoms with Gasteiger partial charge in [-0.15, -0.1) is 0 Å². The highest BCUT2D eigenvalue weighted by Crippen LogP contribution is 2.23. The molecule has 0 aliphatic carbocycles. The van der Waals surface area contributed by atoms with Crippen molar-refractivity contribution in [2.45, 2.75) is 26.8 Å². The zero-order valence-corrected chi connectivity index (χ0v) is 11.7. The Labute approximate surface area is 109 Å². The number of hydrogen-bond acceptors (Lipinski definition) is 3. The first-order valence-electron chi connectivity index (χ1n) is 5.51. The molecule has 0 radical (unpaired) electrons. The van der Waals surface area contributed by atoms with Gasteiger partial charge in [0.05, 0.1) is 17.9 Å². The van der Waals surface area contributed by atoms with Crippen molar-refractivity contribution in [3.63, 3.8) is 0 Å².